The van der Waals surface area contributed by atoms with Gasteiger partial charge in [-0.05, 0) is 5.56 Å². The van der Waals surface area contributed by atoms with E-state index in [2.05, 4.69) is 0 Å². The fraction of sp³-hybridized carbons (Fsp3) is 0.364. The summed E-state index contributed by atoms with van der Waals surface area (Å²) in [5, 5.41) is 19.2. The molecule has 0 atom stereocenters. The third-order valence-corrected chi connectivity index (χ3v) is 4.34. The van der Waals surface area contributed by atoms with Gasteiger partial charge in [0.15, 0.2) is 0 Å². The molecule has 7 nitrogen and oxygen atoms in total. The largest absolute Gasteiger partial charge is 0.269 e. The van der Waals surface area contributed by atoms with Gasteiger partial charge in [0.2, 0.25) is 10.0 Å². The lowest BCUT2D eigenvalue weighted by Crippen LogP contribution is -2.32. The van der Waals surface area contributed by atoms with Gasteiger partial charge in [0.05, 0.1) is 16.7 Å². The summed E-state index contributed by atoms with van der Waals surface area (Å²) in [6, 6.07) is 7.23. The summed E-state index contributed by atoms with van der Waals surface area (Å²) < 4.78 is 25.0. The van der Waals surface area contributed by atoms with Crippen LogP contribution in [0.25, 0.3) is 0 Å². The summed E-state index contributed by atoms with van der Waals surface area (Å²) in [7, 11) is -3.64. The summed E-state index contributed by atoms with van der Waals surface area (Å²) in [5.41, 5.74) is 0.168. The molecule has 0 aliphatic carbocycles. The molecule has 0 aliphatic heterocycles. The van der Waals surface area contributed by atoms with Crippen molar-refractivity contribution < 1.29 is 13.3 Å². The van der Waals surface area contributed by atoms with Crippen LogP contribution in [0.2, 0.25) is 0 Å². The first-order valence-electron chi connectivity index (χ1n) is 5.48. The second kappa shape index (κ2) is 6.26. The quantitative estimate of drug-likeness (QED) is 0.444. The van der Waals surface area contributed by atoms with E-state index in [1.54, 1.807) is 13.0 Å². The van der Waals surface area contributed by atoms with Crippen molar-refractivity contribution in [2.24, 2.45) is 0 Å². The molecule has 0 unspecified atom stereocenters. The average Bonchev–Trinajstić information content (AvgIpc) is 2.35. The Morgan fingerprint density at radius 2 is 2.16 bits per heavy atom. The zero-order valence-corrected chi connectivity index (χ0v) is 11.1. The first-order chi connectivity index (χ1) is 8.90. The van der Waals surface area contributed by atoms with Gasteiger partial charge in [-0.2, -0.15) is 9.57 Å². The van der Waals surface area contributed by atoms with E-state index in [0.29, 0.717) is 5.56 Å². The zero-order chi connectivity index (χ0) is 14.5. The molecule has 19 heavy (non-hydrogen) atoms. The van der Waals surface area contributed by atoms with Crippen LogP contribution < -0.4 is 0 Å². The normalized spacial score (nSPS) is 11.2. The third-order valence-electron chi connectivity index (χ3n) is 2.46. The molecule has 0 heterocycles. The van der Waals surface area contributed by atoms with Crippen LogP contribution in [0.3, 0.4) is 0 Å². The average molecular weight is 283 g/mol. The van der Waals surface area contributed by atoms with Gasteiger partial charge in [-0.1, -0.05) is 19.1 Å². The van der Waals surface area contributed by atoms with E-state index in [-0.39, 0.29) is 24.5 Å². The smallest absolute Gasteiger partial charge is 0.258 e. The number of non-ortho nitro benzene ring substituents is 1. The van der Waals surface area contributed by atoms with Crippen molar-refractivity contribution in [2.75, 3.05) is 13.1 Å². The minimum atomic E-state index is -3.64. The molecule has 1 rings (SSSR count). The number of rotatable bonds is 6. The highest BCUT2D eigenvalue weighted by Gasteiger charge is 2.21. The van der Waals surface area contributed by atoms with E-state index in [1.165, 1.54) is 24.3 Å². The number of nitro groups is 1. The molecular weight excluding hydrogens is 270 g/mol. The van der Waals surface area contributed by atoms with Gasteiger partial charge in [0.1, 0.15) is 6.54 Å². The SMILES string of the molecule is CCN(CC#N)S(=O)(=O)Cc1cccc([N+](=O)[O-])c1. The van der Waals surface area contributed by atoms with Crippen LogP contribution in [0, 0.1) is 21.4 Å². The number of nitro benzene ring substituents is 1. The summed E-state index contributed by atoms with van der Waals surface area (Å²) in [6.45, 7) is 1.58. The van der Waals surface area contributed by atoms with Gasteiger partial charge in [0.25, 0.3) is 5.69 Å². The Labute approximate surface area is 111 Å². The molecule has 0 N–H and O–H groups in total. The monoisotopic (exact) mass is 283 g/mol. The van der Waals surface area contributed by atoms with Crippen molar-refractivity contribution in [1.82, 2.24) is 4.31 Å². The van der Waals surface area contributed by atoms with E-state index in [0.717, 1.165) is 4.31 Å². The summed E-state index contributed by atoms with van der Waals surface area (Å²) >= 11 is 0. The number of sulfonamides is 1. The van der Waals surface area contributed by atoms with E-state index < -0.39 is 14.9 Å². The van der Waals surface area contributed by atoms with Gasteiger partial charge in [-0.3, -0.25) is 10.1 Å². The molecule has 1 aromatic carbocycles. The Balaban J connectivity index is 2.98. The fourth-order valence-corrected chi connectivity index (χ4v) is 2.98. The highest BCUT2D eigenvalue weighted by molar-refractivity contribution is 7.88. The van der Waals surface area contributed by atoms with Gasteiger partial charge < -0.3 is 0 Å². The minimum Gasteiger partial charge on any atom is -0.258 e. The fourth-order valence-electron chi connectivity index (χ4n) is 1.55. The van der Waals surface area contributed by atoms with Crippen LogP contribution in [0.1, 0.15) is 12.5 Å². The number of benzene rings is 1. The minimum absolute atomic E-state index is 0.156. The lowest BCUT2D eigenvalue weighted by Gasteiger charge is -2.16. The molecule has 0 amide bonds. The number of nitrogens with zero attached hydrogens (tertiary/aromatic N) is 3. The van der Waals surface area contributed by atoms with Crippen LogP contribution in [0.4, 0.5) is 5.69 Å². The Hall–Kier alpha value is -1.98. The summed E-state index contributed by atoms with van der Waals surface area (Å²) in [5.74, 6) is -0.357. The van der Waals surface area contributed by atoms with Crippen LogP contribution in [-0.2, 0) is 15.8 Å². The van der Waals surface area contributed by atoms with Crippen LogP contribution in [0.5, 0.6) is 0 Å². The highest BCUT2D eigenvalue weighted by Crippen LogP contribution is 2.16. The molecule has 0 spiro atoms. The van der Waals surface area contributed by atoms with Gasteiger partial charge in [-0.25, -0.2) is 8.42 Å². The van der Waals surface area contributed by atoms with Crippen molar-refractivity contribution in [3.05, 3.63) is 39.9 Å². The Morgan fingerprint density at radius 3 is 2.68 bits per heavy atom. The van der Waals surface area contributed by atoms with Crippen LogP contribution >= 0.6 is 0 Å². The maximum absolute atomic E-state index is 12.0. The third kappa shape index (κ3) is 4.01. The second-order valence-corrected chi connectivity index (χ2v) is 5.74. The topological polar surface area (TPSA) is 104 Å². The van der Waals surface area contributed by atoms with E-state index in [4.69, 9.17) is 5.26 Å². The lowest BCUT2D eigenvalue weighted by molar-refractivity contribution is -0.384. The lowest BCUT2D eigenvalue weighted by atomic mass is 10.2. The number of hydrogen-bond donors (Lipinski definition) is 0. The standard InChI is InChI=1S/C11H13N3O4S/c1-2-13(7-6-12)19(17,18)9-10-4-3-5-11(8-10)14(15)16/h3-5,8H,2,7,9H2,1H3. The van der Waals surface area contributed by atoms with E-state index in [9.17, 15) is 18.5 Å². The van der Waals surface area contributed by atoms with Crippen LogP contribution in [-0.4, -0.2) is 30.7 Å². The van der Waals surface area contributed by atoms with E-state index >= 15 is 0 Å². The van der Waals surface area contributed by atoms with Crippen molar-refractivity contribution in [2.45, 2.75) is 12.7 Å². The molecule has 0 aliphatic rings. The maximum atomic E-state index is 12.0. The second-order valence-electron chi connectivity index (χ2n) is 3.77. The molecule has 0 saturated heterocycles. The molecule has 102 valence electrons. The van der Waals surface area contributed by atoms with Crippen molar-refractivity contribution in [1.29, 1.82) is 5.26 Å². The van der Waals surface area contributed by atoms with Crippen molar-refractivity contribution >= 4 is 15.7 Å². The molecule has 1 aromatic rings. The first kappa shape index (κ1) is 15.1. The number of nitriles is 1. The van der Waals surface area contributed by atoms with Crippen molar-refractivity contribution in [3.8, 4) is 6.07 Å². The highest BCUT2D eigenvalue weighted by atomic mass is 32.2. The van der Waals surface area contributed by atoms with Gasteiger partial charge in [-0.15, -0.1) is 0 Å². The zero-order valence-electron chi connectivity index (χ0n) is 10.3. The molecule has 0 radical (unpaired) electrons. The predicted octanol–water partition coefficient (Wildman–Crippen LogP) is 1.27. The molecule has 8 heteroatoms. The van der Waals surface area contributed by atoms with Gasteiger partial charge in [0, 0.05) is 18.7 Å². The predicted molar refractivity (Wildman–Crippen MR) is 68.6 cm³/mol. The molecular formula is C11H13N3O4S. The van der Waals surface area contributed by atoms with Gasteiger partial charge >= 0.3 is 0 Å². The molecule has 0 aromatic heterocycles. The maximum Gasteiger partial charge on any atom is 0.269 e. The summed E-state index contributed by atoms with van der Waals surface area (Å²) in [4.78, 5) is 10.0. The van der Waals surface area contributed by atoms with E-state index in [1.807, 2.05) is 0 Å². The number of hydrogen-bond acceptors (Lipinski definition) is 5. The van der Waals surface area contributed by atoms with Crippen LogP contribution in [0.15, 0.2) is 24.3 Å². The Kier molecular flexibility index (Phi) is 4.97. The molecule has 0 bridgehead atoms. The summed E-state index contributed by atoms with van der Waals surface area (Å²) in [6.07, 6.45) is 0. The first-order valence-corrected chi connectivity index (χ1v) is 7.09. The Bertz CT molecular complexity index is 607. The molecule has 0 fully saturated rings. The Morgan fingerprint density at radius 1 is 1.47 bits per heavy atom. The van der Waals surface area contributed by atoms with Crippen molar-refractivity contribution in [3.63, 3.8) is 0 Å². The molecule has 0 saturated carbocycles.